The Labute approximate surface area is 93.4 Å². The van der Waals surface area contributed by atoms with E-state index in [1.165, 1.54) is 0 Å². The largest absolute Gasteiger partial charge is 0.446 e. The van der Waals surface area contributed by atoms with Crippen LogP contribution in [-0.4, -0.2) is 23.9 Å². The number of hydrogen-bond acceptors (Lipinski definition) is 4. The molecule has 3 N–H and O–H groups in total. The molecule has 3 nitrogen and oxygen atoms in total. The minimum absolute atomic E-state index is 0.176. The molecule has 1 atom stereocenters. The minimum Gasteiger partial charge on any atom is -0.446 e. The Morgan fingerprint density at radius 1 is 1.29 bits per heavy atom. The van der Waals surface area contributed by atoms with E-state index < -0.39 is 7.00 Å². The van der Waals surface area contributed by atoms with Crippen molar-refractivity contribution in [1.29, 1.82) is 0 Å². The molecule has 0 bridgehead atoms. The quantitative estimate of drug-likeness (QED) is 0.423. The Hall–Kier alpha value is 0.370. The summed E-state index contributed by atoms with van der Waals surface area (Å²) in [5, 5.41) is 8.33. The average Bonchev–Trinajstić information content (AvgIpc) is 2.13. The number of unbranched alkanes of at least 4 members (excludes halogenated alkanes) is 3. The van der Waals surface area contributed by atoms with Gasteiger partial charge in [0.25, 0.3) is 0 Å². The van der Waals surface area contributed by atoms with Gasteiger partial charge >= 0.3 is 0 Å². The monoisotopic (exact) mass is 239 g/mol. The van der Waals surface area contributed by atoms with Crippen molar-refractivity contribution < 1.29 is 9.67 Å². The smallest absolute Gasteiger partial charge is 0.208 e. The summed E-state index contributed by atoms with van der Waals surface area (Å²) >= 11 is 4.41. The van der Waals surface area contributed by atoms with Gasteiger partial charge in [0.05, 0.1) is 0 Å². The third-order valence-corrected chi connectivity index (χ3v) is 3.64. The lowest BCUT2D eigenvalue weighted by molar-refractivity contribution is 0.282. The van der Waals surface area contributed by atoms with Crippen LogP contribution in [0.3, 0.4) is 0 Å². The Kier molecular flexibility index (Phi) is 16.0. The summed E-state index contributed by atoms with van der Waals surface area (Å²) in [6, 6.07) is 0. The molecule has 0 saturated carbocycles. The molecule has 0 aromatic rings. The van der Waals surface area contributed by atoms with Crippen molar-refractivity contribution in [2.45, 2.75) is 45.2 Å². The molecule has 0 rings (SSSR count). The van der Waals surface area contributed by atoms with Gasteiger partial charge in [-0.15, -0.1) is 4.57 Å². The molecule has 0 saturated heterocycles. The first-order chi connectivity index (χ1) is 6.56. The maximum absolute atomic E-state index is 10.1. The summed E-state index contributed by atoms with van der Waals surface area (Å²) in [6.07, 6.45) is 4.31. The fraction of sp³-hybridized carbons (Fsp3) is 1.00. The SMILES string of the molecule is CC(C)[P+](=O)[S-].NCCCCCCO. The van der Waals surface area contributed by atoms with Crippen molar-refractivity contribution in [1.82, 2.24) is 0 Å². The van der Waals surface area contributed by atoms with Crippen LogP contribution in [0.25, 0.3) is 0 Å². The van der Waals surface area contributed by atoms with E-state index in [-0.39, 0.29) is 5.66 Å². The Balaban J connectivity index is 0. The van der Waals surface area contributed by atoms with E-state index in [9.17, 15) is 4.57 Å². The molecule has 1 unspecified atom stereocenters. The molecule has 5 heteroatoms. The Morgan fingerprint density at radius 2 is 1.71 bits per heavy atom. The van der Waals surface area contributed by atoms with Crippen LogP contribution in [0, 0.1) is 0 Å². The molecule has 0 fully saturated rings. The van der Waals surface area contributed by atoms with Crippen LogP contribution < -0.4 is 5.73 Å². The van der Waals surface area contributed by atoms with Crippen molar-refractivity contribution in [3.05, 3.63) is 0 Å². The summed E-state index contributed by atoms with van der Waals surface area (Å²) in [7, 11) is -1.33. The van der Waals surface area contributed by atoms with Gasteiger partial charge in [-0.2, -0.15) is 0 Å². The average molecular weight is 239 g/mol. The Morgan fingerprint density at radius 3 is 2.00 bits per heavy atom. The molecule has 0 aliphatic carbocycles. The zero-order valence-corrected chi connectivity index (χ0v) is 10.8. The van der Waals surface area contributed by atoms with Gasteiger partial charge in [0, 0.05) is 6.61 Å². The fourth-order valence-corrected chi connectivity index (χ4v) is 0.610. The van der Waals surface area contributed by atoms with E-state index in [1.54, 1.807) is 0 Å². The topological polar surface area (TPSA) is 63.3 Å². The lowest BCUT2D eigenvalue weighted by Crippen LogP contribution is -1.97. The van der Waals surface area contributed by atoms with Gasteiger partial charge in [-0.3, -0.25) is 0 Å². The van der Waals surface area contributed by atoms with Crippen LogP contribution in [0.15, 0.2) is 0 Å². The van der Waals surface area contributed by atoms with Crippen molar-refractivity contribution in [2.24, 2.45) is 5.73 Å². The summed E-state index contributed by atoms with van der Waals surface area (Å²) in [5.41, 5.74) is 5.42. The van der Waals surface area contributed by atoms with Gasteiger partial charge < -0.3 is 23.1 Å². The summed E-state index contributed by atoms with van der Waals surface area (Å²) < 4.78 is 10.1. The van der Waals surface area contributed by atoms with Crippen molar-refractivity contribution in [2.75, 3.05) is 13.2 Å². The predicted molar refractivity (Wildman–Crippen MR) is 64.7 cm³/mol. The van der Waals surface area contributed by atoms with Gasteiger partial charge in [-0.05, 0) is 33.2 Å². The van der Waals surface area contributed by atoms with Crippen LogP contribution in [0.5, 0.6) is 0 Å². The highest BCUT2D eigenvalue weighted by atomic mass is 32.7. The van der Waals surface area contributed by atoms with E-state index in [1.807, 2.05) is 13.8 Å². The first-order valence-electron chi connectivity index (χ1n) is 5.00. The second-order valence-corrected chi connectivity index (χ2v) is 5.99. The summed E-state index contributed by atoms with van der Waals surface area (Å²) in [6.45, 7) is 4.81. The molecule has 0 aromatic carbocycles. The molecular formula is C9H22NO2PS. The van der Waals surface area contributed by atoms with Crippen LogP contribution in [0.2, 0.25) is 0 Å². The number of hydrogen-bond donors (Lipinski definition) is 2. The molecule has 0 radical (unpaired) electrons. The number of rotatable bonds is 6. The van der Waals surface area contributed by atoms with Gasteiger partial charge in [-0.25, -0.2) is 0 Å². The first kappa shape index (κ1) is 16.8. The predicted octanol–water partition coefficient (Wildman–Crippen LogP) is 2.18. The molecule has 0 spiro atoms. The maximum Gasteiger partial charge on any atom is 0.208 e. The van der Waals surface area contributed by atoms with Gasteiger partial charge in [-0.1, -0.05) is 12.8 Å². The number of aliphatic hydroxyl groups is 1. The highest BCUT2D eigenvalue weighted by Crippen LogP contribution is 2.22. The first-order valence-corrected chi connectivity index (χ1v) is 7.34. The van der Waals surface area contributed by atoms with Gasteiger partial charge in [0.2, 0.25) is 7.00 Å². The molecule has 14 heavy (non-hydrogen) atoms. The molecule has 0 aliphatic heterocycles. The molecule has 0 heterocycles. The third kappa shape index (κ3) is 18.2. The fourth-order valence-electron chi connectivity index (χ4n) is 0.610. The molecular weight excluding hydrogens is 217 g/mol. The van der Waals surface area contributed by atoms with Crippen LogP contribution >= 0.6 is 7.00 Å². The second kappa shape index (κ2) is 13.4. The van der Waals surface area contributed by atoms with Crippen molar-refractivity contribution in [3.63, 3.8) is 0 Å². The summed E-state index contributed by atoms with van der Waals surface area (Å²) in [5.74, 6) is 0. The van der Waals surface area contributed by atoms with E-state index in [2.05, 4.69) is 12.2 Å². The second-order valence-electron chi connectivity index (χ2n) is 3.31. The zero-order chi connectivity index (χ0) is 11.4. The van der Waals surface area contributed by atoms with E-state index in [0.29, 0.717) is 6.61 Å². The standard InChI is InChI=1S/C6H15NO.C3H7OPS/c7-5-3-1-2-4-6-8;1-3(2)5(4)6/h8H,1-7H2;3H,1-2H3. The lowest BCUT2D eigenvalue weighted by Gasteiger charge is -1.93. The van der Waals surface area contributed by atoms with Crippen LogP contribution in [-0.2, 0) is 16.8 Å². The van der Waals surface area contributed by atoms with E-state index >= 15 is 0 Å². The number of nitrogens with two attached hydrogens (primary N) is 1. The van der Waals surface area contributed by atoms with Crippen LogP contribution in [0.4, 0.5) is 0 Å². The highest BCUT2D eigenvalue weighted by molar-refractivity contribution is 8.28. The zero-order valence-electron chi connectivity index (χ0n) is 9.11. The molecule has 0 aromatic heterocycles. The van der Waals surface area contributed by atoms with Crippen molar-refractivity contribution >= 4 is 19.3 Å². The van der Waals surface area contributed by atoms with Gasteiger partial charge in [0.15, 0.2) is 0 Å². The minimum atomic E-state index is -1.33. The summed E-state index contributed by atoms with van der Waals surface area (Å²) in [4.78, 5) is 0. The van der Waals surface area contributed by atoms with E-state index in [0.717, 1.165) is 32.2 Å². The van der Waals surface area contributed by atoms with Crippen LogP contribution in [0.1, 0.15) is 39.5 Å². The van der Waals surface area contributed by atoms with E-state index in [4.69, 9.17) is 10.8 Å². The molecule has 86 valence electrons. The number of aliphatic hydroxyl groups excluding tert-OH is 1. The Bertz CT molecular complexity index is 128. The third-order valence-electron chi connectivity index (χ3n) is 1.53. The normalized spacial score (nSPS) is 10.9. The highest BCUT2D eigenvalue weighted by Gasteiger charge is 2.00. The molecule has 0 amide bonds. The lowest BCUT2D eigenvalue weighted by atomic mass is 10.2. The molecule has 0 aliphatic rings. The van der Waals surface area contributed by atoms with Crippen molar-refractivity contribution in [3.8, 4) is 0 Å². The maximum atomic E-state index is 10.1. The van der Waals surface area contributed by atoms with Gasteiger partial charge in [0.1, 0.15) is 5.66 Å².